The van der Waals surface area contributed by atoms with Gasteiger partial charge in [0.25, 0.3) is 0 Å². The second-order valence-corrected chi connectivity index (χ2v) is 4.66. The summed E-state index contributed by atoms with van der Waals surface area (Å²) >= 11 is 2.87. The van der Waals surface area contributed by atoms with Gasteiger partial charge < -0.3 is 5.73 Å². The van der Waals surface area contributed by atoms with Crippen LogP contribution >= 0.6 is 23.3 Å². The number of nitrogen functional groups attached to an aromatic ring is 1. The Labute approximate surface area is 89.8 Å². The molecule has 2 rings (SSSR count). The number of rotatable bonds is 2. The highest BCUT2D eigenvalue weighted by atomic mass is 32.2. The van der Waals surface area contributed by atoms with Crippen molar-refractivity contribution in [1.29, 1.82) is 0 Å². The maximum Gasteiger partial charge on any atom is 0.176 e. The summed E-state index contributed by atoms with van der Waals surface area (Å²) < 4.78 is 4.99. The monoisotopic (exact) mass is 224 g/mol. The van der Waals surface area contributed by atoms with Gasteiger partial charge in [0.2, 0.25) is 0 Å². The zero-order valence-electron chi connectivity index (χ0n) is 7.47. The third-order valence-electron chi connectivity index (χ3n) is 1.46. The number of anilines is 1. The Morgan fingerprint density at radius 3 is 2.86 bits per heavy atom. The molecule has 0 unspecified atom stereocenters. The van der Waals surface area contributed by atoms with Gasteiger partial charge in [-0.05, 0) is 42.4 Å². The summed E-state index contributed by atoms with van der Waals surface area (Å²) in [4.78, 5) is 8.39. The van der Waals surface area contributed by atoms with Crippen molar-refractivity contribution < 1.29 is 0 Å². The second kappa shape index (κ2) is 3.93. The smallest absolute Gasteiger partial charge is 0.176 e. The molecule has 0 saturated heterocycles. The van der Waals surface area contributed by atoms with E-state index in [0.29, 0.717) is 5.69 Å². The zero-order valence-corrected chi connectivity index (χ0v) is 9.10. The van der Waals surface area contributed by atoms with Crippen LogP contribution < -0.4 is 5.73 Å². The zero-order chi connectivity index (χ0) is 9.97. The molecule has 0 aliphatic carbocycles. The van der Waals surface area contributed by atoms with Crippen LogP contribution in [-0.4, -0.2) is 14.3 Å². The van der Waals surface area contributed by atoms with Gasteiger partial charge in [-0.3, -0.25) is 0 Å². The Hall–Kier alpha value is -1.14. The molecule has 2 aromatic rings. The molecule has 0 amide bonds. The molecular weight excluding hydrogens is 216 g/mol. The minimum Gasteiger partial charge on any atom is -0.397 e. The average Bonchev–Trinajstić information content (AvgIpc) is 2.56. The largest absolute Gasteiger partial charge is 0.397 e. The Kier molecular flexibility index (Phi) is 2.64. The van der Waals surface area contributed by atoms with Crippen molar-refractivity contribution >= 4 is 29.0 Å². The molecule has 0 aliphatic heterocycles. The molecule has 0 aromatic carbocycles. The number of nitrogens with zero attached hydrogens (tertiary/aromatic N) is 3. The number of pyridine rings is 1. The third-order valence-corrected chi connectivity index (χ3v) is 3.25. The highest BCUT2D eigenvalue weighted by Crippen LogP contribution is 2.27. The molecule has 6 heteroatoms. The maximum absolute atomic E-state index is 5.53. The summed E-state index contributed by atoms with van der Waals surface area (Å²) in [5, 5.41) is 0.885. The minimum absolute atomic E-state index is 0.669. The second-order valence-electron chi connectivity index (χ2n) is 2.64. The van der Waals surface area contributed by atoms with E-state index in [4.69, 9.17) is 5.73 Å². The normalized spacial score (nSPS) is 10.4. The Morgan fingerprint density at radius 1 is 1.43 bits per heavy atom. The van der Waals surface area contributed by atoms with Crippen LogP contribution in [0, 0.1) is 6.92 Å². The first-order chi connectivity index (χ1) is 6.74. The molecule has 0 atom stereocenters. The van der Waals surface area contributed by atoms with E-state index < -0.39 is 0 Å². The topological polar surface area (TPSA) is 64.7 Å². The van der Waals surface area contributed by atoms with Crippen molar-refractivity contribution in [2.45, 2.75) is 16.3 Å². The molecule has 0 radical (unpaired) electrons. The van der Waals surface area contributed by atoms with Crippen molar-refractivity contribution in [2.75, 3.05) is 5.73 Å². The first-order valence-electron chi connectivity index (χ1n) is 3.94. The minimum atomic E-state index is 0.669. The number of hydrogen-bond donors (Lipinski definition) is 1. The fourth-order valence-electron chi connectivity index (χ4n) is 0.861. The molecule has 0 aliphatic rings. The van der Waals surface area contributed by atoms with Crippen molar-refractivity contribution in [3.63, 3.8) is 0 Å². The van der Waals surface area contributed by atoms with Crippen LogP contribution in [0.2, 0.25) is 0 Å². The van der Waals surface area contributed by atoms with Gasteiger partial charge >= 0.3 is 0 Å². The molecule has 0 bridgehead atoms. The Balaban J connectivity index is 2.15. The number of aryl methyl sites for hydroxylation is 1. The lowest BCUT2D eigenvalue weighted by molar-refractivity contribution is 1.09. The molecule has 4 nitrogen and oxygen atoms in total. The predicted molar refractivity (Wildman–Crippen MR) is 57.4 cm³/mol. The number of nitrogens with two attached hydrogens (primary N) is 1. The molecule has 0 spiro atoms. The van der Waals surface area contributed by atoms with Gasteiger partial charge in [-0.15, -0.1) is 0 Å². The van der Waals surface area contributed by atoms with Crippen molar-refractivity contribution in [3.8, 4) is 0 Å². The summed E-state index contributed by atoms with van der Waals surface area (Å²) in [6.45, 7) is 1.87. The van der Waals surface area contributed by atoms with E-state index in [1.165, 1.54) is 23.3 Å². The molecule has 2 aromatic heterocycles. The summed E-state index contributed by atoms with van der Waals surface area (Å²) in [6, 6.07) is 3.69. The Morgan fingerprint density at radius 2 is 2.29 bits per heavy atom. The van der Waals surface area contributed by atoms with Gasteiger partial charge in [-0.25, -0.2) is 9.97 Å². The number of hydrogen-bond acceptors (Lipinski definition) is 6. The molecule has 2 heterocycles. The molecule has 0 fully saturated rings. The quantitative estimate of drug-likeness (QED) is 0.845. The first kappa shape index (κ1) is 9.42. The fraction of sp³-hybridized carbons (Fsp3) is 0.125. The molecular formula is C8H8N4S2. The van der Waals surface area contributed by atoms with E-state index in [2.05, 4.69) is 14.3 Å². The van der Waals surface area contributed by atoms with Gasteiger partial charge in [-0.1, -0.05) is 0 Å². The summed E-state index contributed by atoms with van der Waals surface area (Å²) in [7, 11) is 0. The lowest BCUT2D eigenvalue weighted by Crippen LogP contribution is -1.86. The van der Waals surface area contributed by atoms with Crippen LogP contribution in [0.5, 0.6) is 0 Å². The summed E-state index contributed by atoms with van der Waals surface area (Å²) in [5.41, 5.74) is 6.20. The van der Waals surface area contributed by atoms with Crippen molar-refractivity contribution in [1.82, 2.24) is 14.3 Å². The SMILES string of the molecule is Cc1nsc(Sc2ccc(N)cn2)n1. The van der Waals surface area contributed by atoms with E-state index in [-0.39, 0.29) is 0 Å². The molecule has 14 heavy (non-hydrogen) atoms. The van der Waals surface area contributed by atoms with Gasteiger partial charge in [-0.2, -0.15) is 4.37 Å². The van der Waals surface area contributed by atoms with E-state index in [0.717, 1.165) is 15.2 Å². The summed E-state index contributed by atoms with van der Waals surface area (Å²) in [6.07, 6.45) is 1.64. The third kappa shape index (κ3) is 2.21. The van der Waals surface area contributed by atoms with E-state index in [1.54, 1.807) is 6.20 Å². The van der Waals surface area contributed by atoms with Gasteiger partial charge in [0.1, 0.15) is 10.9 Å². The van der Waals surface area contributed by atoms with E-state index >= 15 is 0 Å². The predicted octanol–water partition coefficient (Wildman–Crippen LogP) is 1.97. The van der Waals surface area contributed by atoms with Crippen molar-refractivity contribution in [2.24, 2.45) is 0 Å². The maximum atomic E-state index is 5.53. The van der Waals surface area contributed by atoms with Crippen molar-refractivity contribution in [3.05, 3.63) is 24.2 Å². The lowest BCUT2D eigenvalue weighted by atomic mass is 10.4. The van der Waals surface area contributed by atoms with Crippen LogP contribution in [0.1, 0.15) is 5.82 Å². The van der Waals surface area contributed by atoms with Crippen LogP contribution in [0.4, 0.5) is 5.69 Å². The first-order valence-corrected chi connectivity index (χ1v) is 5.53. The molecule has 2 N–H and O–H groups in total. The van der Waals surface area contributed by atoms with Gasteiger partial charge in [0.15, 0.2) is 4.34 Å². The standard InChI is InChI=1S/C8H8N4S2/c1-5-11-8(14-12-5)13-7-3-2-6(9)4-10-7/h2-4H,9H2,1H3. The fourth-order valence-corrected chi connectivity index (χ4v) is 2.40. The average molecular weight is 224 g/mol. The van der Waals surface area contributed by atoms with Gasteiger partial charge in [0.05, 0.1) is 11.9 Å². The van der Waals surface area contributed by atoms with Crippen LogP contribution in [-0.2, 0) is 0 Å². The van der Waals surface area contributed by atoms with E-state index in [1.807, 2.05) is 19.1 Å². The van der Waals surface area contributed by atoms with Crippen LogP contribution in [0.3, 0.4) is 0 Å². The Bertz CT molecular complexity index is 423. The summed E-state index contributed by atoms with van der Waals surface area (Å²) in [5.74, 6) is 0.799. The molecule has 72 valence electrons. The van der Waals surface area contributed by atoms with E-state index in [9.17, 15) is 0 Å². The molecule has 0 saturated carbocycles. The van der Waals surface area contributed by atoms with Crippen LogP contribution in [0.25, 0.3) is 0 Å². The highest BCUT2D eigenvalue weighted by Gasteiger charge is 2.03. The number of aromatic nitrogens is 3. The van der Waals surface area contributed by atoms with Gasteiger partial charge in [0, 0.05) is 0 Å². The van der Waals surface area contributed by atoms with Crippen LogP contribution in [0.15, 0.2) is 27.7 Å². The lowest BCUT2D eigenvalue weighted by Gasteiger charge is -1.95. The highest BCUT2D eigenvalue weighted by molar-refractivity contribution is 8.00.